The molecule has 0 spiro atoms. The number of aryl methyl sites for hydroxylation is 1. The number of aliphatic carboxylic acids is 1. The maximum atomic E-state index is 10.6. The van der Waals surface area contributed by atoms with Crippen molar-refractivity contribution < 1.29 is 9.90 Å². The van der Waals surface area contributed by atoms with Crippen molar-refractivity contribution in [3.05, 3.63) is 34.3 Å². The van der Waals surface area contributed by atoms with E-state index in [1.165, 1.54) is 12.8 Å². The predicted octanol–water partition coefficient (Wildman–Crippen LogP) is 3.70. The van der Waals surface area contributed by atoms with Crippen LogP contribution in [-0.2, 0) is 17.6 Å². The van der Waals surface area contributed by atoms with Gasteiger partial charge in [0.2, 0.25) is 0 Å². The average Bonchev–Trinajstić information content (AvgIpc) is 2.22. The summed E-state index contributed by atoms with van der Waals surface area (Å²) in [4.78, 5) is 10.6. The molecule has 0 saturated carbocycles. The Bertz CT molecular complexity index is 361. The summed E-state index contributed by atoms with van der Waals surface area (Å²) >= 11 is 6.06. The van der Waals surface area contributed by atoms with Crippen LogP contribution in [0.3, 0.4) is 0 Å². The van der Waals surface area contributed by atoms with Crippen molar-refractivity contribution in [2.45, 2.75) is 39.0 Å². The minimum Gasteiger partial charge on any atom is -0.481 e. The Hall–Kier alpha value is -1.02. The summed E-state index contributed by atoms with van der Waals surface area (Å²) in [5.41, 5.74) is 1.89. The highest BCUT2D eigenvalue weighted by molar-refractivity contribution is 6.31. The van der Waals surface area contributed by atoms with Crippen LogP contribution in [0.4, 0.5) is 0 Å². The number of carboxylic acid groups (broad SMARTS) is 1. The standard InChI is InChI=1S/C13H17ClO2/c1-2-3-4-5-11-8-10(9-13(15)16)6-7-12(11)14/h6-8H,2-5,9H2,1H3,(H,15,16). The Morgan fingerprint density at radius 2 is 2.12 bits per heavy atom. The highest BCUT2D eigenvalue weighted by Crippen LogP contribution is 2.20. The fraction of sp³-hybridized carbons (Fsp3) is 0.462. The molecule has 1 aromatic rings. The lowest BCUT2D eigenvalue weighted by Gasteiger charge is -2.06. The third-order valence-corrected chi connectivity index (χ3v) is 2.88. The van der Waals surface area contributed by atoms with E-state index in [0.717, 1.165) is 29.0 Å². The highest BCUT2D eigenvalue weighted by atomic mass is 35.5. The Morgan fingerprint density at radius 1 is 1.38 bits per heavy atom. The molecule has 1 rings (SSSR count). The first-order chi connectivity index (χ1) is 7.63. The maximum absolute atomic E-state index is 10.6. The molecule has 0 aromatic heterocycles. The fourth-order valence-electron chi connectivity index (χ4n) is 1.67. The third-order valence-electron chi connectivity index (χ3n) is 2.52. The van der Waals surface area contributed by atoms with Crippen LogP contribution in [-0.4, -0.2) is 11.1 Å². The number of rotatable bonds is 6. The molecular weight excluding hydrogens is 224 g/mol. The highest BCUT2D eigenvalue weighted by Gasteiger charge is 2.05. The lowest BCUT2D eigenvalue weighted by Crippen LogP contribution is -2.01. The lowest BCUT2D eigenvalue weighted by molar-refractivity contribution is -0.136. The number of unbranched alkanes of at least 4 members (excludes halogenated alkanes) is 2. The van der Waals surface area contributed by atoms with Crippen molar-refractivity contribution in [3.63, 3.8) is 0 Å². The van der Waals surface area contributed by atoms with Crippen LogP contribution >= 0.6 is 11.6 Å². The van der Waals surface area contributed by atoms with Gasteiger partial charge in [0.15, 0.2) is 0 Å². The number of hydrogen-bond acceptors (Lipinski definition) is 1. The second-order valence-corrected chi connectivity index (χ2v) is 4.36. The number of hydrogen-bond donors (Lipinski definition) is 1. The largest absolute Gasteiger partial charge is 0.481 e. The molecule has 16 heavy (non-hydrogen) atoms. The summed E-state index contributed by atoms with van der Waals surface area (Å²) in [5, 5.41) is 9.45. The van der Waals surface area contributed by atoms with E-state index in [4.69, 9.17) is 16.7 Å². The fourth-order valence-corrected chi connectivity index (χ4v) is 1.88. The van der Waals surface area contributed by atoms with Gasteiger partial charge >= 0.3 is 5.97 Å². The van der Waals surface area contributed by atoms with Crippen LogP contribution in [0.5, 0.6) is 0 Å². The predicted molar refractivity (Wildman–Crippen MR) is 66.0 cm³/mol. The van der Waals surface area contributed by atoms with Gasteiger partial charge in [-0.2, -0.15) is 0 Å². The van der Waals surface area contributed by atoms with Gasteiger partial charge in [-0.15, -0.1) is 0 Å². The molecule has 88 valence electrons. The summed E-state index contributed by atoms with van der Waals surface area (Å²) < 4.78 is 0. The summed E-state index contributed by atoms with van der Waals surface area (Å²) in [7, 11) is 0. The molecule has 0 fully saturated rings. The van der Waals surface area contributed by atoms with E-state index in [1.54, 1.807) is 12.1 Å². The Morgan fingerprint density at radius 3 is 2.75 bits per heavy atom. The molecule has 3 heteroatoms. The molecule has 2 nitrogen and oxygen atoms in total. The molecule has 0 aliphatic carbocycles. The SMILES string of the molecule is CCCCCc1cc(CC(=O)O)ccc1Cl. The van der Waals surface area contributed by atoms with Gasteiger partial charge in [-0.05, 0) is 30.0 Å². The Balaban J connectivity index is 2.70. The van der Waals surface area contributed by atoms with Gasteiger partial charge in [-0.1, -0.05) is 43.5 Å². The summed E-state index contributed by atoms with van der Waals surface area (Å²) in [6.07, 6.45) is 4.46. The summed E-state index contributed by atoms with van der Waals surface area (Å²) in [6.45, 7) is 2.16. The van der Waals surface area contributed by atoms with Gasteiger partial charge in [0.05, 0.1) is 6.42 Å². The first-order valence-electron chi connectivity index (χ1n) is 5.62. The first kappa shape index (κ1) is 13.0. The second-order valence-electron chi connectivity index (χ2n) is 3.95. The van der Waals surface area contributed by atoms with E-state index in [2.05, 4.69) is 6.92 Å². The molecule has 0 aliphatic heterocycles. The molecule has 0 saturated heterocycles. The molecule has 0 heterocycles. The van der Waals surface area contributed by atoms with Crippen molar-refractivity contribution >= 4 is 17.6 Å². The Labute approximate surface area is 101 Å². The smallest absolute Gasteiger partial charge is 0.307 e. The van der Waals surface area contributed by atoms with Crippen LogP contribution in [0, 0.1) is 0 Å². The van der Waals surface area contributed by atoms with E-state index >= 15 is 0 Å². The van der Waals surface area contributed by atoms with Crippen molar-refractivity contribution in [2.75, 3.05) is 0 Å². The van der Waals surface area contributed by atoms with Crippen LogP contribution in [0.15, 0.2) is 18.2 Å². The molecule has 1 aromatic carbocycles. The number of carboxylic acids is 1. The molecule has 0 radical (unpaired) electrons. The molecule has 0 aliphatic rings. The van der Waals surface area contributed by atoms with E-state index in [0.29, 0.717) is 0 Å². The van der Waals surface area contributed by atoms with E-state index in [-0.39, 0.29) is 6.42 Å². The monoisotopic (exact) mass is 240 g/mol. The molecule has 0 atom stereocenters. The van der Waals surface area contributed by atoms with Gasteiger partial charge in [0, 0.05) is 5.02 Å². The van der Waals surface area contributed by atoms with Crippen molar-refractivity contribution in [2.24, 2.45) is 0 Å². The number of halogens is 1. The van der Waals surface area contributed by atoms with Gasteiger partial charge in [-0.3, -0.25) is 4.79 Å². The average molecular weight is 241 g/mol. The minimum atomic E-state index is -0.804. The van der Waals surface area contributed by atoms with Crippen LogP contribution in [0.25, 0.3) is 0 Å². The molecular formula is C13H17ClO2. The minimum absolute atomic E-state index is 0.0674. The maximum Gasteiger partial charge on any atom is 0.307 e. The molecule has 0 unspecified atom stereocenters. The zero-order valence-electron chi connectivity index (χ0n) is 9.50. The molecule has 0 bridgehead atoms. The Kier molecular flexibility index (Phi) is 5.33. The van der Waals surface area contributed by atoms with Crippen LogP contribution in [0.1, 0.15) is 37.3 Å². The van der Waals surface area contributed by atoms with Crippen molar-refractivity contribution in [1.29, 1.82) is 0 Å². The van der Waals surface area contributed by atoms with Gasteiger partial charge in [-0.25, -0.2) is 0 Å². The normalized spacial score (nSPS) is 10.4. The van der Waals surface area contributed by atoms with E-state index in [9.17, 15) is 4.79 Å². The molecule has 0 amide bonds. The van der Waals surface area contributed by atoms with Crippen molar-refractivity contribution in [1.82, 2.24) is 0 Å². The summed E-state index contributed by atoms with van der Waals surface area (Å²) in [6, 6.07) is 5.48. The van der Waals surface area contributed by atoms with E-state index < -0.39 is 5.97 Å². The van der Waals surface area contributed by atoms with Crippen LogP contribution in [0.2, 0.25) is 5.02 Å². The third kappa shape index (κ3) is 4.23. The van der Waals surface area contributed by atoms with Crippen molar-refractivity contribution in [3.8, 4) is 0 Å². The first-order valence-corrected chi connectivity index (χ1v) is 6.00. The van der Waals surface area contributed by atoms with E-state index in [1.807, 2.05) is 6.07 Å². The quantitative estimate of drug-likeness (QED) is 0.770. The number of benzene rings is 1. The topological polar surface area (TPSA) is 37.3 Å². The number of carbonyl (C=O) groups is 1. The second kappa shape index (κ2) is 6.54. The van der Waals surface area contributed by atoms with Gasteiger partial charge in [0.25, 0.3) is 0 Å². The molecule has 1 N–H and O–H groups in total. The zero-order valence-corrected chi connectivity index (χ0v) is 10.3. The summed E-state index contributed by atoms with van der Waals surface area (Å²) in [5.74, 6) is -0.804. The van der Waals surface area contributed by atoms with Gasteiger partial charge in [0.1, 0.15) is 0 Å². The zero-order chi connectivity index (χ0) is 12.0. The lowest BCUT2D eigenvalue weighted by atomic mass is 10.0. The van der Waals surface area contributed by atoms with Crippen LogP contribution < -0.4 is 0 Å². The van der Waals surface area contributed by atoms with Gasteiger partial charge < -0.3 is 5.11 Å².